The number of rotatable bonds is 0. The molecular formula is C43H52Cl2Zr-4. The minimum atomic E-state index is 0. The van der Waals surface area contributed by atoms with Crippen LogP contribution in [0.4, 0.5) is 0 Å². The van der Waals surface area contributed by atoms with Gasteiger partial charge in [-0.25, -0.2) is 12.2 Å². The van der Waals surface area contributed by atoms with Crippen molar-refractivity contribution in [2.75, 3.05) is 0 Å². The fraction of sp³-hybridized carbons (Fsp3) is 0.326. The molecule has 246 valence electrons. The molecule has 0 saturated carbocycles. The van der Waals surface area contributed by atoms with Crippen LogP contribution in [-0.2, 0) is 41.5 Å². The van der Waals surface area contributed by atoms with Crippen molar-refractivity contribution in [2.24, 2.45) is 0 Å². The van der Waals surface area contributed by atoms with Gasteiger partial charge in [0, 0.05) is 0 Å². The Kier molecular flexibility index (Phi) is 19.8. The zero-order chi connectivity index (χ0) is 32.9. The van der Waals surface area contributed by atoms with Crippen molar-refractivity contribution < 1.29 is 24.2 Å². The van der Waals surface area contributed by atoms with Crippen LogP contribution in [0, 0.1) is 52.0 Å². The SMILES string of the molecule is Cc1[c-]c2c(cc1C(C)(C)C)-c1cc(C(C)(C)C)c(C)cc1C2.Cc1cc[c-]cc1.Cc1cc[c-]cc1.Cl.Cl.[C-]1=CC=CC1.[CH2]=[Zr]. The molecule has 4 aromatic carbocycles. The first-order valence-electron chi connectivity index (χ1n) is 15.4. The van der Waals surface area contributed by atoms with Gasteiger partial charge in [-0.3, -0.25) is 6.08 Å². The topological polar surface area (TPSA) is 0 Å². The molecule has 0 radical (unpaired) electrons. The molecule has 6 rings (SSSR count). The molecule has 46 heavy (non-hydrogen) atoms. The molecule has 0 amide bonds. The van der Waals surface area contributed by atoms with E-state index < -0.39 is 0 Å². The zero-order valence-electron chi connectivity index (χ0n) is 29.5. The Morgan fingerprint density at radius 3 is 1.50 bits per heavy atom. The van der Waals surface area contributed by atoms with E-state index in [2.05, 4.69) is 122 Å². The van der Waals surface area contributed by atoms with Crippen molar-refractivity contribution in [3.05, 3.63) is 154 Å². The Labute approximate surface area is 309 Å². The van der Waals surface area contributed by atoms with Crippen LogP contribution >= 0.6 is 24.8 Å². The van der Waals surface area contributed by atoms with Gasteiger partial charge < -0.3 is 0 Å². The number of hydrogen-bond acceptors (Lipinski definition) is 0. The van der Waals surface area contributed by atoms with Crippen LogP contribution in [0.15, 0.2) is 85.0 Å². The Morgan fingerprint density at radius 2 is 1.15 bits per heavy atom. The molecule has 0 fully saturated rings. The van der Waals surface area contributed by atoms with Gasteiger partial charge in [0.15, 0.2) is 0 Å². The minimum absolute atomic E-state index is 0. The third-order valence-corrected chi connectivity index (χ3v) is 7.44. The van der Waals surface area contributed by atoms with Crippen LogP contribution in [0.5, 0.6) is 0 Å². The van der Waals surface area contributed by atoms with Gasteiger partial charge in [-0.1, -0.05) is 85.4 Å². The van der Waals surface area contributed by atoms with Gasteiger partial charge in [0.1, 0.15) is 0 Å². The molecule has 0 bridgehead atoms. The Balaban J connectivity index is 0.000000716. The van der Waals surface area contributed by atoms with Crippen molar-refractivity contribution >= 4 is 29.0 Å². The first kappa shape index (κ1) is 43.7. The number of fused-ring (bicyclic) bond motifs is 3. The van der Waals surface area contributed by atoms with Crippen LogP contribution in [0.1, 0.15) is 92.5 Å². The van der Waals surface area contributed by atoms with Gasteiger partial charge in [0.05, 0.1) is 0 Å². The second-order valence-corrected chi connectivity index (χ2v) is 13.4. The molecule has 2 aliphatic carbocycles. The zero-order valence-corrected chi connectivity index (χ0v) is 33.6. The summed E-state index contributed by atoms with van der Waals surface area (Å²) in [7, 11) is 0. The molecule has 2 aliphatic rings. The van der Waals surface area contributed by atoms with Gasteiger partial charge in [0.2, 0.25) is 0 Å². The fourth-order valence-electron chi connectivity index (χ4n) is 5.30. The maximum atomic E-state index is 3.69. The molecule has 0 aliphatic heterocycles. The number of aryl methyl sites for hydroxylation is 4. The molecule has 0 unspecified atom stereocenters. The summed E-state index contributed by atoms with van der Waals surface area (Å²) in [5.74, 6) is 0. The van der Waals surface area contributed by atoms with Crippen LogP contribution in [0.2, 0.25) is 0 Å². The summed E-state index contributed by atoms with van der Waals surface area (Å²) in [5, 5.41) is 0. The average molecular weight is 731 g/mol. The van der Waals surface area contributed by atoms with E-state index in [1.165, 1.54) is 79.9 Å². The third-order valence-electron chi connectivity index (χ3n) is 7.44. The number of halogens is 2. The second kappa shape index (κ2) is 20.8. The van der Waals surface area contributed by atoms with E-state index in [0.717, 1.165) is 12.8 Å². The molecule has 3 heteroatoms. The fourth-order valence-corrected chi connectivity index (χ4v) is 5.30. The first-order chi connectivity index (χ1) is 20.8. The van der Waals surface area contributed by atoms with Gasteiger partial charge in [-0.2, -0.15) is 95.6 Å². The summed E-state index contributed by atoms with van der Waals surface area (Å²) in [5.41, 5.74) is 14.2. The number of allylic oxidation sites excluding steroid dienone is 4. The summed E-state index contributed by atoms with van der Waals surface area (Å²) < 4.78 is 3.34. The second-order valence-electron chi connectivity index (χ2n) is 13.4. The summed E-state index contributed by atoms with van der Waals surface area (Å²) in [4.78, 5) is 0. The van der Waals surface area contributed by atoms with Crippen molar-refractivity contribution in [3.63, 3.8) is 0 Å². The van der Waals surface area contributed by atoms with Crippen LogP contribution in [-0.4, -0.2) is 4.21 Å². The molecule has 0 heterocycles. The average Bonchev–Trinajstić information content (AvgIpc) is 3.65. The molecule has 0 atom stereocenters. The van der Waals surface area contributed by atoms with E-state index in [0.29, 0.717) is 0 Å². The van der Waals surface area contributed by atoms with Crippen molar-refractivity contribution in [3.8, 4) is 11.1 Å². The van der Waals surface area contributed by atoms with E-state index in [-0.39, 0.29) is 35.6 Å². The Morgan fingerprint density at radius 1 is 0.674 bits per heavy atom. The molecule has 0 aromatic heterocycles. The van der Waals surface area contributed by atoms with E-state index in [1.807, 2.05) is 60.7 Å². The predicted octanol–water partition coefficient (Wildman–Crippen LogP) is 12.0. The van der Waals surface area contributed by atoms with Crippen molar-refractivity contribution in [1.29, 1.82) is 0 Å². The normalized spacial score (nSPS) is 11.6. The van der Waals surface area contributed by atoms with Gasteiger partial charge in [-0.05, 0) is 35.4 Å². The third kappa shape index (κ3) is 13.8. The monoisotopic (exact) mass is 728 g/mol. The van der Waals surface area contributed by atoms with Crippen molar-refractivity contribution in [1.82, 2.24) is 0 Å². The number of hydrogen-bond donors (Lipinski definition) is 0. The van der Waals surface area contributed by atoms with E-state index >= 15 is 0 Å². The summed E-state index contributed by atoms with van der Waals surface area (Å²) in [6.45, 7) is 22.4. The van der Waals surface area contributed by atoms with Crippen LogP contribution in [0.3, 0.4) is 0 Å². The van der Waals surface area contributed by atoms with E-state index in [4.69, 9.17) is 0 Å². The predicted molar refractivity (Wildman–Crippen MR) is 204 cm³/mol. The summed E-state index contributed by atoms with van der Waals surface area (Å²) in [6, 6.07) is 32.6. The van der Waals surface area contributed by atoms with Gasteiger partial charge in [-0.15, -0.1) is 47.9 Å². The summed E-state index contributed by atoms with van der Waals surface area (Å²) in [6.07, 6.45) is 11.0. The Hall–Kier alpha value is -2.31. The summed E-state index contributed by atoms with van der Waals surface area (Å²) >= 11 is 1.30. The van der Waals surface area contributed by atoms with E-state index in [9.17, 15) is 0 Å². The molecule has 4 aromatic rings. The molecule has 0 N–H and O–H groups in total. The molecular weight excluding hydrogens is 679 g/mol. The standard InChI is InChI=1S/C23H29.2C7H7.C5H5.CH2.2ClH.Zr/c1-14-9-16-11-17-10-15(2)21(23(6,7)8)13-19(17)18(16)12-20(14)22(3,4)5;2*1-7-5-3-2-4-6-7;1-2-4-5-3-1;;;;/h9,12-13H,11H2,1-8H3;2*3-6H,1H3;1-3H,4H2;1H2;2*1H;/q4*-1;;;;. The van der Waals surface area contributed by atoms with Crippen LogP contribution < -0.4 is 0 Å². The first-order valence-corrected chi connectivity index (χ1v) is 17.1. The van der Waals surface area contributed by atoms with Crippen LogP contribution in [0.25, 0.3) is 11.1 Å². The Bertz CT molecular complexity index is 1400. The van der Waals surface area contributed by atoms with Gasteiger partial charge in [0.25, 0.3) is 0 Å². The quantitative estimate of drug-likeness (QED) is 0.139. The van der Waals surface area contributed by atoms with Crippen molar-refractivity contribution in [2.45, 2.75) is 92.9 Å². The molecule has 0 saturated heterocycles. The molecule has 0 spiro atoms. The van der Waals surface area contributed by atoms with Gasteiger partial charge >= 0.3 is 28.4 Å². The maximum absolute atomic E-state index is 3.69. The molecule has 0 nitrogen and oxygen atoms in total. The number of benzene rings is 4. The van der Waals surface area contributed by atoms with E-state index in [1.54, 1.807) is 0 Å².